The van der Waals surface area contributed by atoms with Crippen LogP contribution in [0.3, 0.4) is 0 Å². The highest BCUT2D eigenvalue weighted by Crippen LogP contribution is 2.28. The van der Waals surface area contributed by atoms with E-state index >= 15 is 0 Å². The molecular formula is C13H16ClN3O2S. The van der Waals surface area contributed by atoms with E-state index in [2.05, 4.69) is 14.5 Å². The summed E-state index contributed by atoms with van der Waals surface area (Å²) in [5, 5.41) is 4.01. The Kier molecular flexibility index (Phi) is 5.17. The average Bonchev–Trinajstić information content (AvgIpc) is 2.84. The van der Waals surface area contributed by atoms with Crippen molar-refractivity contribution in [2.24, 2.45) is 0 Å². The zero-order chi connectivity index (χ0) is 14.5. The van der Waals surface area contributed by atoms with Gasteiger partial charge in [0.15, 0.2) is 11.5 Å². The molecule has 0 saturated heterocycles. The Labute approximate surface area is 127 Å². The first-order valence-corrected chi connectivity index (χ1v) is 7.15. The molecule has 0 aliphatic rings. The number of hydrogen-bond donors (Lipinski definition) is 0. The van der Waals surface area contributed by atoms with Crippen LogP contribution in [-0.4, -0.2) is 35.8 Å². The Morgan fingerprint density at radius 3 is 2.55 bits per heavy atom. The third-order valence-corrected chi connectivity index (χ3v) is 3.81. The number of halogens is 1. The summed E-state index contributed by atoms with van der Waals surface area (Å²) in [6, 6.07) is 5.88. The number of methoxy groups -OCH3 is 2. The van der Waals surface area contributed by atoms with Crippen LogP contribution in [0.4, 0.5) is 0 Å². The van der Waals surface area contributed by atoms with Crippen molar-refractivity contribution in [2.75, 3.05) is 21.3 Å². The van der Waals surface area contributed by atoms with E-state index < -0.39 is 0 Å². The molecule has 108 valence electrons. The lowest BCUT2D eigenvalue weighted by molar-refractivity contribution is 0.312. The molecule has 0 atom stereocenters. The van der Waals surface area contributed by atoms with Gasteiger partial charge in [-0.05, 0) is 24.7 Å². The first kappa shape index (κ1) is 15.0. The summed E-state index contributed by atoms with van der Waals surface area (Å²) in [4.78, 5) is 2.11. The minimum absolute atomic E-state index is 0.643. The molecule has 0 aliphatic heterocycles. The number of hydrogen-bond acceptors (Lipinski definition) is 6. The van der Waals surface area contributed by atoms with E-state index in [4.69, 9.17) is 21.1 Å². The van der Waals surface area contributed by atoms with Gasteiger partial charge in [-0.1, -0.05) is 22.2 Å². The number of rotatable bonds is 6. The molecule has 0 spiro atoms. The Hall–Kier alpha value is -1.37. The maximum Gasteiger partial charge on any atom is 0.161 e. The van der Waals surface area contributed by atoms with E-state index in [0.29, 0.717) is 10.9 Å². The van der Waals surface area contributed by atoms with E-state index in [-0.39, 0.29) is 0 Å². The normalized spacial score (nSPS) is 10.8. The molecule has 0 bridgehead atoms. The molecule has 5 nitrogen and oxygen atoms in total. The van der Waals surface area contributed by atoms with Crippen LogP contribution in [0.15, 0.2) is 18.2 Å². The van der Waals surface area contributed by atoms with Crippen molar-refractivity contribution < 1.29 is 9.47 Å². The molecule has 7 heteroatoms. The van der Waals surface area contributed by atoms with E-state index in [1.807, 2.05) is 25.2 Å². The lowest BCUT2D eigenvalue weighted by Gasteiger charge is -2.16. The maximum absolute atomic E-state index is 6.00. The van der Waals surface area contributed by atoms with Crippen LogP contribution in [0.25, 0.3) is 0 Å². The predicted octanol–water partition coefficient (Wildman–Crippen LogP) is 2.84. The second-order valence-corrected chi connectivity index (χ2v) is 5.71. The molecule has 2 aromatic rings. The van der Waals surface area contributed by atoms with Gasteiger partial charge in [-0.15, -0.1) is 5.10 Å². The van der Waals surface area contributed by atoms with Crippen molar-refractivity contribution in [3.05, 3.63) is 33.8 Å². The Morgan fingerprint density at radius 1 is 1.20 bits per heavy atom. The largest absolute Gasteiger partial charge is 0.493 e. The van der Waals surface area contributed by atoms with Gasteiger partial charge < -0.3 is 9.47 Å². The van der Waals surface area contributed by atoms with E-state index in [0.717, 1.165) is 29.3 Å². The summed E-state index contributed by atoms with van der Waals surface area (Å²) < 4.78 is 15.0. The van der Waals surface area contributed by atoms with Gasteiger partial charge in [0.05, 0.1) is 14.2 Å². The van der Waals surface area contributed by atoms with Gasteiger partial charge in [0.1, 0.15) is 10.0 Å². The Balaban J connectivity index is 2.04. The maximum atomic E-state index is 6.00. The fourth-order valence-corrected chi connectivity index (χ4v) is 2.51. The molecule has 0 amide bonds. The standard InChI is InChI=1S/C13H16ClN3O2S/c1-17(8-10-13(14)20-16-15-10)7-9-4-5-11(18-2)12(6-9)19-3/h4-6H,7-8H2,1-3H3. The van der Waals surface area contributed by atoms with Gasteiger partial charge in [0.2, 0.25) is 0 Å². The van der Waals surface area contributed by atoms with Gasteiger partial charge >= 0.3 is 0 Å². The summed E-state index contributed by atoms with van der Waals surface area (Å²) in [5.74, 6) is 1.46. The van der Waals surface area contributed by atoms with Crippen LogP contribution in [0.1, 0.15) is 11.3 Å². The molecule has 0 radical (unpaired) electrons. The zero-order valence-electron chi connectivity index (χ0n) is 11.6. The van der Waals surface area contributed by atoms with Crippen molar-refractivity contribution >= 4 is 23.1 Å². The Morgan fingerprint density at radius 2 is 1.95 bits per heavy atom. The predicted molar refractivity (Wildman–Crippen MR) is 79.6 cm³/mol. The minimum Gasteiger partial charge on any atom is -0.493 e. The summed E-state index contributed by atoms with van der Waals surface area (Å²) >= 11 is 7.21. The van der Waals surface area contributed by atoms with E-state index in [1.165, 1.54) is 11.5 Å². The number of nitrogens with zero attached hydrogens (tertiary/aromatic N) is 3. The van der Waals surface area contributed by atoms with Crippen LogP contribution in [0.5, 0.6) is 11.5 Å². The molecule has 0 unspecified atom stereocenters. The lowest BCUT2D eigenvalue weighted by Crippen LogP contribution is -2.17. The minimum atomic E-state index is 0.643. The van der Waals surface area contributed by atoms with E-state index in [1.54, 1.807) is 14.2 Å². The smallest absolute Gasteiger partial charge is 0.161 e. The number of aromatic nitrogens is 2. The van der Waals surface area contributed by atoms with Crippen LogP contribution < -0.4 is 9.47 Å². The molecule has 1 aromatic carbocycles. The SMILES string of the molecule is COc1ccc(CN(C)Cc2nnsc2Cl)cc1OC. The number of ether oxygens (including phenoxy) is 2. The third kappa shape index (κ3) is 3.59. The Bertz CT molecular complexity index is 576. The quantitative estimate of drug-likeness (QED) is 0.820. The van der Waals surface area contributed by atoms with Crippen molar-refractivity contribution in [3.63, 3.8) is 0 Å². The van der Waals surface area contributed by atoms with Crippen LogP contribution in [-0.2, 0) is 13.1 Å². The highest BCUT2D eigenvalue weighted by molar-refractivity contribution is 7.10. The summed E-state index contributed by atoms with van der Waals surface area (Å²) in [6.07, 6.45) is 0. The highest BCUT2D eigenvalue weighted by Gasteiger charge is 2.10. The fraction of sp³-hybridized carbons (Fsp3) is 0.385. The third-order valence-electron chi connectivity index (χ3n) is 2.83. The topological polar surface area (TPSA) is 47.5 Å². The van der Waals surface area contributed by atoms with Crippen molar-refractivity contribution in [1.82, 2.24) is 14.5 Å². The second kappa shape index (κ2) is 6.88. The van der Waals surface area contributed by atoms with Gasteiger partial charge in [-0.2, -0.15) is 0 Å². The van der Waals surface area contributed by atoms with Gasteiger partial charge in [0, 0.05) is 24.6 Å². The lowest BCUT2D eigenvalue weighted by atomic mass is 10.2. The van der Waals surface area contributed by atoms with Gasteiger partial charge in [0.25, 0.3) is 0 Å². The van der Waals surface area contributed by atoms with Crippen molar-refractivity contribution in [3.8, 4) is 11.5 Å². The molecule has 0 fully saturated rings. The fourth-order valence-electron chi connectivity index (χ4n) is 1.89. The molecule has 1 heterocycles. The molecule has 1 aromatic heterocycles. The first-order chi connectivity index (χ1) is 9.63. The van der Waals surface area contributed by atoms with Gasteiger partial charge in [-0.3, -0.25) is 4.90 Å². The van der Waals surface area contributed by atoms with Crippen molar-refractivity contribution in [1.29, 1.82) is 0 Å². The van der Waals surface area contributed by atoms with Crippen molar-refractivity contribution in [2.45, 2.75) is 13.1 Å². The summed E-state index contributed by atoms with van der Waals surface area (Å²) in [7, 11) is 5.26. The van der Waals surface area contributed by atoms with Crippen LogP contribution >= 0.6 is 23.1 Å². The first-order valence-electron chi connectivity index (χ1n) is 6.00. The highest BCUT2D eigenvalue weighted by atomic mass is 35.5. The second-order valence-electron chi connectivity index (χ2n) is 4.35. The average molecular weight is 314 g/mol. The van der Waals surface area contributed by atoms with Crippen LogP contribution in [0, 0.1) is 0 Å². The molecule has 2 rings (SSSR count). The molecule has 0 N–H and O–H groups in total. The molecule has 0 saturated carbocycles. The molecular weight excluding hydrogens is 298 g/mol. The van der Waals surface area contributed by atoms with E-state index in [9.17, 15) is 0 Å². The molecule has 20 heavy (non-hydrogen) atoms. The summed E-state index contributed by atoms with van der Waals surface area (Å²) in [6.45, 7) is 1.41. The van der Waals surface area contributed by atoms with Crippen LogP contribution in [0.2, 0.25) is 4.34 Å². The number of benzene rings is 1. The molecule has 0 aliphatic carbocycles. The zero-order valence-corrected chi connectivity index (χ0v) is 13.2. The monoisotopic (exact) mass is 313 g/mol. The van der Waals surface area contributed by atoms with Gasteiger partial charge in [-0.25, -0.2) is 0 Å². The summed E-state index contributed by atoms with van der Waals surface area (Å²) in [5.41, 5.74) is 1.93.